The number of esters is 1. The zero-order valence-corrected chi connectivity index (χ0v) is 12.5. The fraction of sp³-hybridized carbons (Fsp3) is 0.933. The highest BCUT2D eigenvalue weighted by molar-refractivity contribution is 5.76. The van der Waals surface area contributed by atoms with Crippen LogP contribution in [0.1, 0.15) is 66.7 Å². The molecule has 1 saturated carbocycles. The van der Waals surface area contributed by atoms with Gasteiger partial charge < -0.3 is 9.84 Å². The van der Waals surface area contributed by atoms with E-state index in [0.717, 1.165) is 19.3 Å². The van der Waals surface area contributed by atoms with Gasteiger partial charge in [0.25, 0.3) is 0 Å². The lowest BCUT2D eigenvalue weighted by molar-refractivity contribution is -0.178. The molecule has 3 nitrogen and oxygen atoms in total. The van der Waals surface area contributed by atoms with Crippen molar-refractivity contribution < 1.29 is 14.6 Å². The molecule has 0 aliphatic heterocycles. The Morgan fingerprint density at radius 2 is 1.78 bits per heavy atom. The number of aliphatic hydroxyl groups is 1. The maximum atomic E-state index is 12.2. The number of ether oxygens (including phenoxy) is 1. The first-order valence-corrected chi connectivity index (χ1v) is 7.12. The molecule has 1 aliphatic rings. The van der Waals surface area contributed by atoms with Gasteiger partial charge in [-0.1, -0.05) is 19.8 Å². The number of hydrogen-bond donors (Lipinski definition) is 1. The topological polar surface area (TPSA) is 46.5 Å². The summed E-state index contributed by atoms with van der Waals surface area (Å²) >= 11 is 0. The van der Waals surface area contributed by atoms with Crippen LogP contribution in [-0.2, 0) is 9.53 Å². The van der Waals surface area contributed by atoms with Gasteiger partial charge in [0.1, 0.15) is 6.10 Å². The first kappa shape index (κ1) is 15.5. The summed E-state index contributed by atoms with van der Waals surface area (Å²) < 4.78 is 5.67. The van der Waals surface area contributed by atoms with Crippen molar-refractivity contribution in [1.29, 1.82) is 0 Å². The van der Waals surface area contributed by atoms with Gasteiger partial charge in [-0.25, -0.2) is 0 Å². The van der Waals surface area contributed by atoms with Crippen LogP contribution in [0, 0.1) is 11.3 Å². The van der Waals surface area contributed by atoms with E-state index in [0.29, 0.717) is 5.92 Å². The van der Waals surface area contributed by atoms with E-state index in [-0.39, 0.29) is 12.1 Å². The van der Waals surface area contributed by atoms with Gasteiger partial charge in [0.15, 0.2) is 0 Å². The molecule has 0 bridgehead atoms. The molecule has 1 fully saturated rings. The van der Waals surface area contributed by atoms with Crippen LogP contribution in [-0.4, -0.2) is 22.8 Å². The average Bonchev–Trinajstić information content (AvgIpc) is 2.76. The molecule has 1 rings (SSSR count). The van der Waals surface area contributed by atoms with Crippen molar-refractivity contribution in [1.82, 2.24) is 0 Å². The van der Waals surface area contributed by atoms with E-state index >= 15 is 0 Å². The molecule has 0 saturated heterocycles. The van der Waals surface area contributed by atoms with Crippen LogP contribution in [0.3, 0.4) is 0 Å². The Balaban J connectivity index is 2.76. The second-order valence-corrected chi connectivity index (χ2v) is 6.76. The second kappa shape index (κ2) is 5.60. The smallest absolute Gasteiger partial charge is 0.311 e. The van der Waals surface area contributed by atoms with E-state index in [9.17, 15) is 9.90 Å². The molecule has 0 spiro atoms. The third kappa shape index (κ3) is 3.71. The van der Waals surface area contributed by atoms with Gasteiger partial charge in [0.2, 0.25) is 0 Å². The molecule has 1 unspecified atom stereocenters. The van der Waals surface area contributed by atoms with E-state index in [2.05, 4.69) is 0 Å². The molecule has 3 heteroatoms. The summed E-state index contributed by atoms with van der Waals surface area (Å²) in [6, 6.07) is 0. The predicted octanol–water partition coefficient (Wildman–Crippen LogP) is 3.30. The average molecular weight is 256 g/mol. The minimum absolute atomic E-state index is 0.191. The van der Waals surface area contributed by atoms with E-state index in [1.165, 1.54) is 12.8 Å². The van der Waals surface area contributed by atoms with Crippen LogP contribution in [0.25, 0.3) is 0 Å². The Bertz CT molecular complexity index is 283. The van der Waals surface area contributed by atoms with Crippen molar-refractivity contribution in [2.45, 2.75) is 78.4 Å². The number of carbonyl (C=O) groups is 1. The first-order valence-electron chi connectivity index (χ1n) is 7.12. The number of hydrogen-bond acceptors (Lipinski definition) is 3. The summed E-state index contributed by atoms with van der Waals surface area (Å²) in [5, 5.41) is 10.2. The highest BCUT2D eigenvalue weighted by Gasteiger charge is 2.41. The van der Waals surface area contributed by atoms with E-state index in [1.54, 1.807) is 13.8 Å². The zero-order chi connectivity index (χ0) is 14.0. The maximum absolute atomic E-state index is 12.2. The minimum atomic E-state index is -0.964. The Labute approximate surface area is 111 Å². The van der Waals surface area contributed by atoms with Gasteiger partial charge in [-0.15, -0.1) is 0 Å². The van der Waals surface area contributed by atoms with Crippen molar-refractivity contribution >= 4 is 5.97 Å². The molecule has 0 aromatic rings. The van der Waals surface area contributed by atoms with Crippen molar-refractivity contribution in [3.05, 3.63) is 0 Å². The lowest BCUT2D eigenvalue weighted by atomic mass is 9.86. The van der Waals surface area contributed by atoms with Crippen LogP contribution in [0.2, 0.25) is 0 Å². The van der Waals surface area contributed by atoms with Crippen LogP contribution in [0.5, 0.6) is 0 Å². The molecule has 0 heterocycles. The van der Waals surface area contributed by atoms with Gasteiger partial charge >= 0.3 is 5.97 Å². The summed E-state index contributed by atoms with van der Waals surface area (Å²) in [5.41, 5.74) is -1.43. The Morgan fingerprint density at radius 1 is 1.28 bits per heavy atom. The fourth-order valence-electron chi connectivity index (χ4n) is 2.50. The van der Waals surface area contributed by atoms with Crippen molar-refractivity contribution in [3.63, 3.8) is 0 Å². The highest BCUT2D eigenvalue weighted by atomic mass is 16.6. The molecule has 0 radical (unpaired) electrons. The third-order valence-corrected chi connectivity index (χ3v) is 4.19. The largest absolute Gasteiger partial charge is 0.459 e. The molecule has 0 aromatic carbocycles. The minimum Gasteiger partial charge on any atom is -0.459 e. The van der Waals surface area contributed by atoms with Crippen molar-refractivity contribution in [3.8, 4) is 0 Å². The summed E-state index contributed by atoms with van der Waals surface area (Å²) in [6.07, 6.45) is 4.81. The Kier molecular flexibility index (Phi) is 4.82. The molecule has 0 aromatic heterocycles. The van der Waals surface area contributed by atoms with Gasteiger partial charge in [0.05, 0.1) is 11.0 Å². The quantitative estimate of drug-likeness (QED) is 0.768. The summed E-state index contributed by atoms with van der Waals surface area (Å²) in [7, 11) is 0. The van der Waals surface area contributed by atoms with E-state index in [1.807, 2.05) is 20.8 Å². The summed E-state index contributed by atoms with van der Waals surface area (Å²) in [6.45, 7) is 9.25. The molecule has 18 heavy (non-hydrogen) atoms. The lowest BCUT2D eigenvalue weighted by Crippen LogP contribution is -2.46. The molecule has 1 N–H and O–H groups in total. The monoisotopic (exact) mass is 256 g/mol. The zero-order valence-electron chi connectivity index (χ0n) is 12.5. The fourth-order valence-corrected chi connectivity index (χ4v) is 2.50. The van der Waals surface area contributed by atoms with Gasteiger partial charge in [-0.2, -0.15) is 0 Å². The summed E-state index contributed by atoms with van der Waals surface area (Å²) in [4.78, 5) is 12.2. The SMILES string of the molecule is CCC(C)(C)C(=O)OC(C1CCCC1)C(C)(C)O. The van der Waals surface area contributed by atoms with Gasteiger partial charge in [-0.05, 0) is 52.9 Å². The van der Waals surface area contributed by atoms with Crippen molar-refractivity contribution in [2.75, 3.05) is 0 Å². The molecule has 1 aliphatic carbocycles. The molecular formula is C15H28O3. The lowest BCUT2D eigenvalue weighted by Gasteiger charge is -2.35. The highest BCUT2D eigenvalue weighted by Crippen LogP contribution is 2.35. The Morgan fingerprint density at radius 3 is 2.17 bits per heavy atom. The standard InChI is InChI=1S/C15H28O3/c1-6-14(2,3)13(16)18-12(15(4,5)17)11-9-7-8-10-11/h11-12,17H,6-10H2,1-5H3. The molecule has 1 atom stereocenters. The number of rotatable bonds is 5. The second-order valence-electron chi connectivity index (χ2n) is 6.76. The first-order chi connectivity index (χ1) is 8.18. The maximum Gasteiger partial charge on any atom is 0.311 e. The molecular weight excluding hydrogens is 228 g/mol. The predicted molar refractivity (Wildman–Crippen MR) is 72.2 cm³/mol. The molecule has 106 valence electrons. The van der Waals surface area contributed by atoms with Crippen LogP contribution >= 0.6 is 0 Å². The van der Waals surface area contributed by atoms with Crippen LogP contribution in [0.4, 0.5) is 0 Å². The molecule has 0 amide bonds. The normalized spacial score (nSPS) is 19.9. The van der Waals surface area contributed by atoms with Crippen LogP contribution in [0.15, 0.2) is 0 Å². The third-order valence-electron chi connectivity index (χ3n) is 4.19. The van der Waals surface area contributed by atoms with Crippen molar-refractivity contribution in [2.24, 2.45) is 11.3 Å². The van der Waals surface area contributed by atoms with Gasteiger partial charge in [-0.3, -0.25) is 4.79 Å². The summed E-state index contributed by atoms with van der Waals surface area (Å²) in [5.74, 6) is 0.116. The van der Waals surface area contributed by atoms with E-state index < -0.39 is 11.0 Å². The van der Waals surface area contributed by atoms with E-state index in [4.69, 9.17) is 4.74 Å². The van der Waals surface area contributed by atoms with Gasteiger partial charge in [0, 0.05) is 0 Å². The van der Waals surface area contributed by atoms with Crippen LogP contribution < -0.4 is 0 Å². The Hall–Kier alpha value is -0.570. The number of carbonyl (C=O) groups excluding carboxylic acids is 1.